The molecule has 3 nitrogen and oxygen atoms in total. The molecule has 0 saturated heterocycles. The van der Waals surface area contributed by atoms with Crippen molar-refractivity contribution in [3.63, 3.8) is 0 Å². The van der Waals surface area contributed by atoms with E-state index in [9.17, 15) is 13.2 Å². The third-order valence-corrected chi connectivity index (χ3v) is 1.76. The summed E-state index contributed by atoms with van der Waals surface area (Å²) in [6.45, 7) is -1.36. The highest BCUT2D eigenvalue weighted by atomic mass is 19.4. The topological polar surface area (TPSA) is 27.7 Å². The number of ether oxygens (including phenoxy) is 3. The molecule has 0 aliphatic rings. The number of halogens is 3. The van der Waals surface area contributed by atoms with Gasteiger partial charge in [0.1, 0.15) is 0 Å². The van der Waals surface area contributed by atoms with Crippen LogP contribution in [0.2, 0.25) is 0 Å². The summed E-state index contributed by atoms with van der Waals surface area (Å²) in [7, 11) is 2.73. The molecule has 0 aliphatic heterocycles. The summed E-state index contributed by atoms with van der Waals surface area (Å²) in [6, 6.07) is 4.47. The van der Waals surface area contributed by atoms with Gasteiger partial charge in [-0.3, -0.25) is 0 Å². The lowest BCUT2D eigenvalue weighted by Crippen LogP contribution is -2.19. The van der Waals surface area contributed by atoms with Gasteiger partial charge in [-0.15, -0.1) is 0 Å². The number of methoxy groups -OCH3 is 2. The number of rotatable bonds is 4. The van der Waals surface area contributed by atoms with Crippen molar-refractivity contribution in [1.82, 2.24) is 0 Å². The van der Waals surface area contributed by atoms with Crippen molar-refractivity contribution in [2.24, 2.45) is 0 Å². The second-order valence-electron chi connectivity index (χ2n) is 2.90. The number of hydrogen-bond donors (Lipinski definition) is 0. The summed E-state index contributed by atoms with van der Waals surface area (Å²) in [5.74, 6) is 0.468. The molecule has 0 heterocycles. The molecule has 0 saturated carbocycles. The van der Waals surface area contributed by atoms with Gasteiger partial charge in [-0.25, -0.2) is 0 Å². The Morgan fingerprint density at radius 3 is 2.19 bits per heavy atom. The van der Waals surface area contributed by atoms with Crippen molar-refractivity contribution in [3.05, 3.63) is 18.2 Å². The van der Waals surface area contributed by atoms with Crippen LogP contribution in [0.3, 0.4) is 0 Å². The molecule has 0 atom stereocenters. The first kappa shape index (κ1) is 12.5. The minimum Gasteiger partial charge on any atom is -0.493 e. The molecular weight excluding hydrogens is 225 g/mol. The third-order valence-electron chi connectivity index (χ3n) is 1.76. The molecule has 1 rings (SSSR count). The zero-order valence-corrected chi connectivity index (χ0v) is 8.80. The van der Waals surface area contributed by atoms with Gasteiger partial charge in [0, 0.05) is 0 Å². The predicted molar refractivity (Wildman–Crippen MR) is 51.1 cm³/mol. The van der Waals surface area contributed by atoms with Crippen LogP contribution in [0.25, 0.3) is 0 Å². The Hall–Kier alpha value is -1.59. The Labute approximate surface area is 90.7 Å². The number of hydrogen-bond acceptors (Lipinski definition) is 3. The van der Waals surface area contributed by atoms with Crippen LogP contribution in [0, 0.1) is 0 Å². The van der Waals surface area contributed by atoms with E-state index in [1.807, 2.05) is 0 Å². The zero-order chi connectivity index (χ0) is 12.2. The van der Waals surface area contributed by atoms with Crippen LogP contribution < -0.4 is 14.2 Å². The van der Waals surface area contributed by atoms with Gasteiger partial charge in [-0.1, -0.05) is 6.07 Å². The molecule has 0 aromatic heterocycles. The maximum Gasteiger partial charge on any atom is 0.422 e. The maximum atomic E-state index is 12.0. The number of para-hydroxylation sites is 1. The minimum absolute atomic E-state index is 0.000764. The van der Waals surface area contributed by atoms with Crippen molar-refractivity contribution in [2.45, 2.75) is 6.18 Å². The summed E-state index contributed by atoms with van der Waals surface area (Å²) in [6.07, 6.45) is -4.38. The second kappa shape index (κ2) is 4.96. The average Bonchev–Trinajstić information content (AvgIpc) is 2.24. The first-order valence-corrected chi connectivity index (χ1v) is 4.38. The second-order valence-corrected chi connectivity index (χ2v) is 2.90. The highest BCUT2D eigenvalue weighted by molar-refractivity contribution is 5.50. The summed E-state index contributed by atoms with van der Waals surface area (Å²) in [4.78, 5) is 0. The van der Waals surface area contributed by atoms with Crippen molar-refractivity contribution < 1.29 is 27.4 Å². The van der Waals surface area contributed by atoms with Crippen LogP contribution in [0.4, 0.5) is 13.2 Å². The van der Waals surface area contributed by atoms with Crippen LogP contribution in [-0.2, 0) is 0 Å². The van der Waals surface area contributed by atoms with Crippen LogP contribution >= 0.6 is 0 Å². The Morgan fingerprint density at radius 1 is 1.06 bits per heavy atom. The fraction of sp³-hybridized carbons (Fsp3) is 0.400. The van der Waals surface area contributed by atoms with Gasteiger partial charge in [-0.2, -0.15) is 13.2 Å². The van der Waals surface area contributed by atoms with E-state index in [0.29, 0.717) is 5.75 Å². The highest BCUT2D eigenvalue weighted by Gasteiger charge is 2.29. The molecule has 0 unspecified atom stereocenters. The molecule has 1 aromatic carbocycles. The molecule has 1 aromatic rings. The maximum absolute atomic E-state index is 12.0. The molecule has 90 valence electrons. The van der Waals surface area contributed by atoms with Crippen molar-refractivity contribution in [1.29, 1.82) is 0 Å². The van der Waals surface area contributed by atoms with E-state index >= 15 is 0 Å². The monoisotopic (exact) mass is 236 g/mol. The van der Waals surface area contributed by atoms with Gasteiger partial charge < -0.3 is 14.2 Å². The number of benzene rings is 1. The molecular formula is C10H11F3O3. The van der Waals surface area contributed by atoms with Crippen LogP contribution in [-0.4, -0.2) is 27.0 Å². The summed E-state index contributed by atoms with van der Waals surface area (Å²) < 4.78 is 50.3. The predicted octanol–water partition coefficient (Wildman–Crippen LogP) is 2.64. The molecule has 0 N–H and O–H groups in total. The Bertz CT molecular complexity index is 350. The van der Waals surface area contributed by atoms with Crippen LogP contribution in [0.1, 0.15) is 0 Å². The lowest BCUT2D eigenvalue weighted by atomic mass is 10.3. The van der Waals surface area contributed by atoms with Gasteiger partial charge in [0.05, 0.1) is 14.2 Å². The van der Waals surface area contributed by atoms with Crippen molar-refractivity contribution >= 4 is 0 Å². The van der Waals surface area contributed by atoms with E-state index < -0.39 is 12.8 Å². The summed E-state index contributed by atoms with van der Waals surface area (Å²) in [5.41, 5.74) is 0. The molecule has 6 heteroatoms. The van der Waals surface area contributed by atoms with Gasteiger partial charge in [0.15, 0.2) is 18.1 Å². The van der Waals surface area contributed by atoms with Crippen LogP contribution in [0.5, 0.6) is 17.2 Å². The Kier molecular flexibility index (Phi) is 3.87. The minimum atomic E-state index is -4.38. The van der Waals surface area contributed by atoms with Crippen molar-refractivity contribution in [2.75, 3.05) is 20.8 Å². The Balaban J connectivity index is 2.87. The van der Waals surface area contributed by atoms with Gasteiger partial charge in [-0.05, 0) is 12.1 Å². The molecule has 0 spiro atoms. The standard InChI is InChI=1S/C10H11F3O3/c1-14-7-4-3-5-8(9(7)15-2)16-6-10(11,12)13/h3-5H,6H2,1-2H3. The molecule has 0 amide bonds. The van der Waals surface area contributed by atoms with E-state index in [1.54, 1.807) is 6.07 Å². The fourth-order valence-corrected chi connectivity index (χ4v) is 1.13. The largest absolute Gasteiger partial charge is 0.493 e. The molecule has 0 radical (unpaired) electrons. The van der Waals surface area contributed by atoms with Gasteiger partial charge >= 0.3 is 6.18 Å². The first-order valence-electron chi connectivity index (χ1n) is 4.38. The molecule has 16 heavy (non-hydrogen) atoms. The summed E-state index contributed by atoms with van der Waals surface area (Å²) in [5, 5.41) is 0. The smallest absolute Gasteiger partial charge is 0.422 e. The zero-order valence-electron chi connectivity index (χ0n) is 8.80. The average molecular weight is 236 g/mol. The lowest BCUT2D eigenvalue weighted by molar-refractivity contribution is -0.153. The van der Waals surface area contributed by atoms with Crippen LogP contribution in [0.15, 0.2) is 18.2 Å². The number of alkyl halides is 3. The highest BCUT2D eigenvalue weighted by Crippen LogP contribution is 2.37. The van der Waals surface area contributed by atoms with E-state index in [-0.39, 0.29) is 11.5 Å². The molecule has 0 aliphatic carbocycles. The van der Waals surface area contributed by atoms with E-state index in [4.69, 9.17) is 9.47 Å². The quantitative estimate of drug-likeness (QED) is 0.804. The Morgan fingerprint density at radius 2 is 1.69 bits per heavy atom. The fourth-order valence-electron chi connectivity index (χ4n) is 1.13. The van der Waals surface area contributed by atoms with Gasteiger partial charge in [0.25, 0.3) is 0 Å². The van der Waals surface area contributed by atoms with E-state index in [1.165, 1.54) is 26.4 Å². The SMILES string of the molecule is COc1cccc(OCC(F)(F)F)c1OC. The first-order chi connectivity index (χ1) is 7.48. The normalized spacial score (nSPS) is 11.1. The third kappa shape index (κ3) is 3.22. The van der Waals surface area contributed by atoms with E-state index in [2.05, 4.69) is 4.74 Å². The van der Waals surface area contributed by atoms with Gasteiger partial charge in [0.2, 0.25) is 5.75 Å². The molecule has 0 fully saturated rings. The van der Waals surface area contributed by atoms with E-state index in [0.717, 1.165) is 0 Å². The molecule has 0 bridgehead atoms. The lowest BCUT2D eigenvalue weighted by Gasteiger charge is -2.14. The summed E-state index contributed by atoms with van der Waals surface area (Å²) >= 11 is 0. The van der Waals surface area contributed by atoms with Crippen molar-refractivity contribution in [3.8, 4) is 17.2 Å².